The maximum Gasteiger partial charge on any atom is 0.423 e. The van der Waals surface area contributed by atoms with Crippen LogP contribution in [0.3, 0.4) is 0 Å². The first kappa shape index (κ1) is 27.6. The molecule has 2 aromatic rings. The second kappa shape index (κ2) is 12.0. The SMILES string of the molecule is O=[N+]([O-])c1ccc(NC2CCC(OCC(=S)N3CCC(c4ccc(Cl)cc4)CC3)CC2)cc1C(F)(F)F. The third kappa shape index (κ3) is 7.33. The first-order chi connectivity index (χ1) is 17.6. The Balaban J connectivity index is 1.20. The van der Waals surface area contributed by atoms with Crippen molar-refractivity contribution in [2.24, 2.45) is 0 Å². The van der Waals surface area contributed by atoms with Gasteiger partial charge >= 0.3 is 6.18 Å². The Morgan fingerprint density at radius 3 is 2.32 bits per heavy atom. The van der Waals surface area contributed by atoms with Crippen LogP contribution in [0, 0.1) is 10.1 Å². The molecular weight excluding hydrogens is 527 g/mol. The molecule has 1 aliphatic carbocycles. The molecule has 1 N–H and O–H groups in total. The molecule has 0 radical (unpaired) electrons. The highest BCUT2D eigenvalue weighted by Crippen LogP contribution is 2.38. The average molecular weight is 556 g/mol. The highest BCUT2D eigenvalue weighted by Gasteiger charge is 2.38. The Labute approximate surface area is 224 Å². The Morgan fingerprint density at radius 1 is 1.08 bits per heavy atom. The van der Waals surface area contributed by atoms with Crippen molar-refractivity contribution in [2.45, 2.75) is 62.8 Å². The number of nitrogens with one attached hydrogen (secondary N) is 1. The highest BCUT2D eigenvalue weighted by atomic mass is 35.5. The van der Waals surface area contributed by atoms with Gasteiger partial charge in [0.2, 0.25) is 0 Å². The summed E-state index contributed by atoms with van der Waals surface area (Å²) in [6.45, 7) is 2.17. The monoisotopic (exact) mass is 555 g/mol. The lowest BCUT2D eigenvalue weighted by molar-refractivity contribution is -0.388. The number of nitro groups is 1. The van der Waals surface area contributed by atoms with Crippen molar-refractivity contribution in [3.63, 3.8) is 0 Å². The van der Waals surface area contributed by atoms with Crippen LogP contribution in [0.15, 0.2) is 42.5 Å². The summed E-state index contributed by atoms with van der Waals surface area (Å²) in [5.41, 5.74) is -0.656. The highest BCUT2D eigenvalue weighted by molar-refractivity contribution is 7.80. The predicted octanol–water partition coefficient (Wildman–Crippen LogP) is 7.21. The molecule has 2 aliphatic rings. The molecule has 2 aromatic carbocycles. The van der Waals surface area contributed by atoms with E-state index in [0.29, 0.717) is 12.5 Å². The zero-order valence-corrected chi connectivity index (χ0v) is 21.7. The molecule has 1 aliphatic heterocycles. The van der Waals surface area contributed by atoms with Crippen molar-refractivity contribution in [1.82, 2.24) is 4.90 Å². The molecule has 6 nitrogen and oxygen atoms in total. The van der Waals surface area contributed by atoms with Gasteiger partial charge in [0, 0.05) is 35.9 Å². The van der Waals surface area contributed by atoms with Gasteiger partial charge in [0.15, 0.2) is 0 Å². The third-order valence-electron chi connectivity index (χ3n) is 7.18. The Bertz CT molecular complexity index is 1100. The number of nitro benzene ring substituents is 1. The van der Waals surface area contributed by atoms with Gasteiger partial charge in [-0.2, -0.15) is 13.2 Å². The maximum absolute atomic E-state index is 13.2. The molecule has 37 heavy (non-hydrogen) atoms. The first-order valence-electron chi connectivity index (χ1n) is 12.4. The van der Waals surface area contributed by atoms with Crippen molar-refractivity contribution in [3.05, 3.63) is 68.7 Å². The van der Waals surface area contributed by atoms with E-state index in [1.807, 2.05) is 12.1 Å². The first-order valence-corrected chi connectivity index (χ1v) is 13.2. The van der Waals surface area contributed by atoms with Crippen molar-refractivity contribution in [3.8, 4) is 0 Å². The van der Waals surface area contributed by atoms with E-state index in [1.165, 1.54) is 11.6 Å². The van der Waals surface area contributed by atoms with Gasteiger partial charge in [-0.25, -0.2) is 0 Å². The number of piperidine rings is 1. The van der Waals surface area contributed by atoms with Gasteiger partial charge in [-0.15, -0.1) is 0 Å². The number of hydrogen-bond donors (Lipinski definition) is 1. The smallest absolute Gasteiger partial charge is 0.382 e. The fraction of sp³-hybridized carbons (Fsp3) is 0.500. The van der Waals surface area contributed by atoms with E-state index in [1.54, 1.807) is 0 Å². The summed E-state index contributed by atoms with van der Waals surface area (Å²) >= 11 is 11.6. The largest absolute Gasteiger partial charge is 0.423 e. The quantitative estimate of drug-likeness (QED) is 0.221. The zero-order chi connectivity index (χ0) is 26.6. The van der Waals surface area contributed by atoms with Gasteiger partial charge < -0.3 is 15.0 Å². The van der Waals surface area contributed by atoms with Crippen LogP contribution in [0.2, 0.25) is 5.02 Å². The normalized spacial score (nSPS) is 21.0. The van der Waals surface area contributed by atoms with Crippen molar-refractivity contribution in [2.75, 3.05) is 25.0 Å². The number of hydrogen-bond acceptors (Lipinski definition) is 5. The third-order valence-corrected chi connectivity index (χ3v) is 7.80. The van der Waals surface area contributed by atoms with Crippen molar-refractivity contribution in [1.29, 1.82) is 0 Å². The number of rotatable bonds is 7. The summed E-state index contributed by atoms with van der Waals surface area (Å²) in [5.74, 6) is 0.503. The molecule has 1 heterocycles. The standard InChI is InChI=1S/C26H29ClF3N3O3S/c27-19-3-1-17(2-4-19)18-11-13-32(14-12-18)25(37)16-36-22-8-5-20(6-9-22)31-21-7-10-24(33(34)35)23(15-21)26(28,29)30/h1-4,7,10,15,18,20,22,31H,5-6,8-9,11-14,16H2. The molecule has 0 amide bonds. The van der Waals surface area contributed by atoms with Crippen LogP contribution >= 0.6 is 23.8 Å². The fourth-order valence-corrected chi connectivity index (χ4v) is 5.48. The van der Waals surface area contributed by atoms with E-state index in [-0.39, 0.29) is 17.8 Å². The topological polar surface area (TPSA) is 67.6 Å². The summed E-state index contributed by atoms with van der Waals surface area (Å²) in [6, 6.07) is 11.0. The van der Waals surface area contributed by atoms with Crippen LogP contribution in [0.1, 0.15) is 55.6 Å². The minimum absolute atomic E-state index is 0.0266. The van der Waals surface area contributed by atoms with Crippen LogP contribution in [0.4, 0.5) is 24.5 Å². The molecule has 11 heteroatoms. The van der Waals surface area contributed by atoms with E-state index >= 15 is 0 Å². The van der Waals surface area contributed by atoms with Crippen molar-refractivity contribution < 1.29 is 22.8 Å². The summed E-state index contributed by atoms with van der Waals surface area (Å²) in [4.78, 5) is 13.0. The number of nitrogens with zero attached hydrogens (tertiary/aromatic N) is 2. The molecule has 1 saturated heterocycles. The van der Waals surface area contributed by atoms with Gasteiger partial charge in [0.05, 0.1) is 17.6 Å². The molecule has 2 fully saturated rings. The number of benzene rings is 2. The van der Waals surface area contributed by atoms with Crippen LogP contribution in [-0.2, 0) is 10.9 Å². The van der Waals surface area contributed by atoms with Gasteiger partial charge in [0.1, 0.15) is 10.6 Å². The molecule has 1 saturated carbocycles. The Kier molecular flexibility index (Phi) is 8.92. The van der Waals surface area contributed by atoms with Crippen LogP contribution in [-0.4, -0.2) is 46.7 Å². The predicted molar refractivity (Wildman–Crippen MR) is 141 cm³/mol. The van der Waals surface area contributed by atoms with Gasteiger partial charge in [-0.05, 0) is 74.3 Å². The number of ether oxygens (including phenoxy) is 1. The number of anilines is 1. The molecule has 0 unspecified atom stereocenters. The zero-order valence-electron chi connectivity index (χ0n) is 20.2. The molecular formula is C26H29ClF3N3O3S. The van der Waals surface area contributed by atoms with Crippen molar-refractivity contribution >= 4 is 40.2 Å². The van der Waals surface area contributed by atoms with E-state index in [4.69, 9.17) is 28.6 Å². The summed E-state index contributed by atoms with van der Waals surface area (Å²) in [5, 5.41) is 14.8. The fourth-order valence-electron chi connectivity index (χ4n) is 5.10. The van der Waals surface area contributed by atoms with Gasteiger partial charge in [-0.3, -0.25) is 10.1 Å². The Morgan fingerprint density at radius 2 is 1.73 bits per heavy atom. The molecule has 200 valence electrons. The lowest BCUT2D eigenvalue weighted by atomic mass is 9.89. The number of alkyl halides is 3. The number of halogens is 4. The van der Waals surface area contributed by atoms with Crippen LogP contribution in [0.25, 0.3) is 0 Å². The average Bonchev–Trinajstić information content (AvgIpc) is 2.88. The lowest BCUT2D eigenvalue weighted by Crippen LogP contribution is -2.40. The molecule has 4 rings (SSSR count). The second-order valence-electron chi connectivity index (χ2n) is 9.62. The van der Waals surface area contributed by atoms with E-state index < -0.39 is 22.4 Å². The minimum Gasteiger partial charge on any atom is -0.382 e. The molecule has 0 bridgehead atoms. The molecule has 0 aromatic heterocycles. The van der Waals surface area contributed by atoms with E-state index in [2.05, 4.69) is 22.3 Å². The van der Waals surface area contributed by atoms with E-state index in [0.717, 1.165) is 73.8 Å². The minimum atomic E-state index is -4.80. The lowest BCUT2D eigenvalue weighted by Gasteiger charge is -2.35. The van der Waals surface area contributed by atoms with Crippen LogP contribution in [0.5, 0.6) is 0 Å². The molecule has 0 spiro atoms. The van der Waals surface area contributed by atoms with Gasteiger partial charge in [0.25, 0.3) is 5.69 Å². The number of likely N-dealkylation sites (tertiary alicyclic amines) is 1. The second-order valence-corrected chi connectivity index (χ2v) is 10.5. The molecule has 0 atom stereocenters. The summed E-state index contributed by atoms with van der Waals surface area (Å²) < 4.78 is 45.8. The maximum atomic E-state index is 13.2. The van der Waals surface area contributed by atoms with Gasteiger partial charge in [-0.1, -0.05) is 36.0 Å². The Hall–Kier alpha value is -2.43. The summed E-state index contributed by atoms with van der Waals surface area (Å²) in [6.07, 6.45) is 0.273. The number of thiocarbonyl (C=S) groups is 1. The van der Waals surface area contributed by atoms with Crippen LogP contribution < -0.4 is 5.32 Å². The van der Waals surface area contributed by atoms with E-state index in [9.17, 15) is 23.3 Å². The summed E-state index contributed by atoms with van der Waals surface area (Å²) in [7, 11) is 0.